The van der Waals surface area contributed by atoms with E-state index in [9.17, 15) is 8.42 Å². The number of sulfonamides is 1. The molecule has 1 saturated heterocycles. The molecule has 1 aromatic carbocycles. The Morgan fingerprint density at radius 2 is 1.86 bits per heavy atom. The molecule has 1 aliphatic carbocycles. The van der Waals surface area contributed by atoms with Crippen LogP contribution in [0.3, 0.4) is 0 Å². The summed E-state index contributed by atoms with van der Waals surface area (Å²) >= 11 is 0. The second-order valence-corrected chi connectivity index (χ2v) is 9.69. The zero-order chi connectivity index (χ0) is 20.7. The molecule has 0 unspecified atom stereocenters. The summed E-state index contributed by atoms with van der Waals surface area (Å²) in [5.41, 5.74) is 0.989. The first-order valence-corrected chi connectivity index (χ1v) is 12.1. The van der Waals surface area contributed by atoms with Crippen molar-refractivity contribution in [2.24, 2.45) is 10.9 Å². The topological polar surface area (TPSA) is 83.0 Å². The number of nitrogens with one attached hydrogen (secondary N) is 2. The monoisotopic (exact) mass is 422 g/mol. The highest BCUT2D eigenvalue weighted by Crippen LogP contribution is 2.22. The minimum atomic E-state index is -3.40. The zero-order valence-electron chi connectivity index (χ0n) is 17.6. The Bertz CT molecular complexity index is 770. The van der Waals surface area contributed by atoms with Crippen molar-refractivity contribution < 1.29 is 13.2 Å². The quantitative estimate of drug-likeness (QED) is 0.471. The average Bonchev–Trinajstić information content (AvgIpc) is 3.53. The number of nitrogens with zero attached hydrogens (tertiary/aromatic N) is 2. The molecule has 0 amide bonds. The molecule has 0 bridgehead atoms. The van der Waals surface area contributed by atoms with Crippen molar-refractivity contribution in [1.29, 1.82) is 0 Å². The summed E-state index contributed by atoms with van der Waals surface area (Å²) in [5.74, 6) is 1.61. The number of hydrogen-bond acceptors (Lipinski definition) is 4. The van der Waals surface area contributed by atoms with E-state index < -0.39 is 10.0 Å². The van der Waals surface area contributed by atoms with Crippen molar-refractivity contribution in [3.8, 4) is 0 Å². The molecule has 3 rings (SSSR count). The van der Waals surface area contributed by atoms with Crippen molar-refractivity contribution in [1.82, 2.24) is 14.9 Å². The summed E-state index contributed by atoms with van der Waals surface area (Å²) in [6.45, 7) is 6.11. The van der Waals surface area contributed by atoms with Gasteiger partial charge < -0.3 is 15.0 Å². The van der Waals surface area contributed by atoms with Crippen LogP contribution in [0.5, 0.6) is 0 Å². The Morgan fingerprint density at radius 1 is 1.17 bits per heavy atom. The van der Waals surface area contributed by atoms with Gasteiger partial charge in [0.1, 0.15) is 0 Å². The fraction of sp³-hybridized carbons (Fsp3) is 0.667. The van der Waals surface area contributed by atoms with Crippen LogP contribution in [0.2, 0.25) is 0 Å². The fourth-order valence-electron chi connectivity index (χ4n) is 3.42. The molecule has 0 spiro atoms. The van der Waals surface area contributed by atoms with E-state index in [4.69, 9.17) is 9.73 Å². The normalized spacial score (nSPS) is 18.6. The second kappa shape index (κ2) is 10.4. The maximum absolute atomic E-state index is 12.3. The van der Waals surface area contributed by atoms with Crippen molar-refractivity contribution in [3.05, 3.63) is 29.8 Å². The Morgan fingerprint density at radius 3 is 2.48 bits per heavy atom. The van der Waals surface area contributed by atoms with Crippen LogP contribution >= 0.6 is 0 Å². The van der Waals surface area contributed by atoms with E-state index in [2.05, 4.69) is 28.9 Å². The van der Waals surface area contributed by atoms with Gasteiger partial charge in [0.2, 0.25) is 10.0 Å². The Hall–Kier alpha value is -1.64. The van der Waals surface area contributed by atoms with Crippen LogP contribution in [-0.2, 0) is 21.3 Å². The molecule has 8 heteroatoms. The molecule has 162 valence electrons. The van der Waals surface area contributed by atoms with Gasteiger partial charge in [-0.15, -0.1) is 0 Å². The van der Waals surface area contributed by atoms with Crippen molar-refractivity contribution >= 4 is 16.0 Å². The van der Waals surface area contributed by atoms with Gasteiger partial charge in [0, 0.05) is 39.4 Å². The Labute approximate surface area is 175 Å². The first kappa shape index (κ1) is 22.1. The van der Waals surface area contributed by atoms with Crippen molar-refractivity contribution in [2.45, 2.75) is 56.5 Å². The molecular weight excluding hydrogens is 388 g/mol. The van der Waals surface area contributed by atoms with Crippen LogP contribution in [0.4, 0.5) is 0 Å². The summed E-state index contributed by atoms with van der Waals surface area (Å²) in [4.78, 5) is 7.23. The molecule has 0 aromatic heterocycles. The lowest BCUT2D eigenvalue weighted by molar-refractivity contribution is 0.0625. The van der Waals surface area contributed by atoms with E-state index in [1.807, 2.05) is 12.1 Å². The third-order valence-corrected chi connectivity index (χ3v) is 6.99. The average molecular weight is 423 g/mol. The third-order valence-electron chi connectivity index (χ3n) is 5.45. The highest BCUT2D eigenvalue weighted by Gasteiger charge is 2.27. The minimum Gasteiger partial charge on any atom is -0.381 e. The standard InChI is InChI=1S/C21H34N4O3S/c1-3-22-21(25(2)13-10-17-11-14-28-15-12-17)23-16-18-4-8-20(9-5-18)29(26,27)24-19-6-7-19/h4-5,8-9,17,19,24H,3,6-7,10-16H2,1-2H3,(H,22,23). The lowest BCUT2D eigenvalue weighted by atomic mass is 9.96. The molecule has 29 heavy (non-hydrogen) atoms. The minimum absolute atomic E-state index is 0.114. The third kappa shape index (κ3) is 6.97. The van der Waals surface area contributed by atoms with Crippen LogP contribution in [0, 0.1) is 5.92 Å². The highest BCUT2D eigenvalue weighted by atomic mass is 32.2. The summed E-state index contributed by atoms with van der Waals surface area (Å²) in [6, 6.07) is 7.13. The van der Waals surface area contributed by atoms with Crippen LogP contribution in [-0.4, -0.2) is 58.7 Å². The predicted molar refractivity (Wildman–Crippen MR) is 115 cm³/mol. The van der Waals surface area contributed by atoms with E-state index in [1.54, 1.807) is 12.1 Å². The molecule has 0 radical (unpaired) electrons. The molecule has 1 saturated carbocycles. The van der Waals surface area contributed by atoms with E-state index in [0.717, 1.165) is 75.8 Å². The predicted octanol–water partition coefficient (Wildman–Crippen LogP) is 2.34. The largest absolute Gasteiger partial charge is 0.381 e. The van der Waals surface area contributed by atoms with E-state index in [0.29, 0.717) is 11.4 Å². The summed E-state index contributed by atoms with van der Waals surface area (Å²) in [6.07, 6.45) is 5.30. The summed E-state index contributed by atoms with van der Waals surface area (Å²) in [5, 5.41) is 3.35. The van der Waals surface area contributed by atoms with Gasteiger partial charge in [0.15, 0.2) is 5.96 Å². The second-order valence-electron chi connectivity index (χ2n) is 7.98. The molecule has 1 heterocycles. The number of aliphatic imine (C=N–C) groups is 1. The lowest BCUT2D eigenvalue weighted by Crippen LogP contribution is -2.40. The molecule has 2 N–H and O–H groups in total. The zero-order valence-corrected chi connectivity index (χ0v) is 18.4. The Balaban J connectivity index is 1.55. The molecule has 1 aromatic rings. The van der Waals surface area contributed by atoms with Crippen LogP contribution < -0.4 is 10.0 Å². The van der Waals surface area contributed by atoms with E-state index >= 15 is 0 Å². The van der Waals surface area contributed by atoms with Gasteiger partial charge in [-0.3, -0.25) is 0 Å². The summed E-state index contributed by atoms with van der Waals surface area (Å²) < 4.78 is 32.7. The fourth-order valence-corrected chi connectivity index (χ4v) is 4.72. The molecule has 2 aliphatic rings. The van der Waals surface area contributed by atoms with Crippen LogP contribution in [0.15, 0.2) is 34.2 Å². The first-order chi connectivity index (χ1) is 14.0. The SMILES string of the molecule is CCNC(=NCc1ccc(S(=O)(=O)NC2CC2)cc1)N(C)CCC1CCOCC1. The number of ether oxygens (including phenoxy) is 1. The highest BCUT2D eigenvalue weighted by molar-refractivity contribution is 7.89. The maximum atomic E-state index is 12.3. The molecule has 7 nitrogen and oxygen atoms in total. The number of benzene rings is 1. The van der Waals surface area contributed by atoms with E-state index in [-0.39, 0.29) is 6.04 Å². The van der Waals surface area contributed by atoms with Gasteiger partial charge in [-0.2, -0.15) is 0 Å². The lowest BCUT2D eigenvalue weighted by Gasteiger charge is -2.26. The molecule has 0 atom stereocenters. The molecular formula is C21H34N4O3S. The van der Waals surface area contributed by atoms with Gasteiger partial charge in [-0.1, -0.05) is 12.1 Å². The Kier molecular flexibility index (Phi) is 7.91. The van der Waals surface area contributed by atoms with Gasteiger partial charge in [-0.05, 0) is 62.6 Å². The van der Waals surface area contributed by atoms with Gasteiger partial charge in [0.25, 0.3) is 0 Å². The van der Waals surface area contributed by atoms with E-state index in [1.165, 1.54) is 0 Å². The van der Waals surface area contributed by atoms with Crippen molar-refractivity contribution in [2.75, 3.05) is 33.4 Å². The maximum Gasteiger partial charge on any atom is 0.240 e. The molecule has 1 aliphatic heterocycles. The van der Waals surface area contributed by atoms with Crippen molar-refractivity contribution in [3.63, 3.8) is 0 Å². The number of hydrogen-bond donors (Lipinski definition) is 2. The number of rotatable bonds is 9. The summed E-state index contributed by atoms with van der Waals surface area (Å²) in [7, 11) is -1.33. The van der Waals surface area contributed by atoms with Crippen LogP contribution in [0.25, 0.3) is 0 Å². The number of guanidine groups is 1. The first-order valence-electron chi connectivity index (χ1n) is 10.7. The van der Waals surface area contributed by atoms with Gasteiger partial charge >= 0.3 is 0 Å². The van der Waals surface area contributed by atoms with Gasteiger partial charge in [-0.25, -0.2) is 18.1 Å². The van der Waals surface area contributed by atoms with Gasteiger partial charge in [0.05, 0.1) is 11.4 Å². The molecule has 2 fully saturated rings. The smallest absolute Gasteiger partial charge is 0.240 e. The van der Waals surface area contributed by atoms with Crippen LogP contribution in [0.1, 0.15) is 44.6 Å².